The van der Waals surface area contributed by atoms with E-state index in [-0.39, 0.29) is 18.4 Å². The van der Waals surface area contributed by atoms with Crippen LogP contribution in [0.3, 0.4) is 0 Å². The van der Waals surface area contributed by atoms with E-state index in [2.05, 4.69) is 15.6 Å². The van der Waals surface area contributed by atoms with Gasteiger partial charge in [-0.05, 0) is 48.7 Å². The summed E-state index contributed by atoms with van der Waals surface area (Å²) >= 11 is 6.10. The van der Waals surface area contributed by atoms with Crippen molar-refractivity contribution in [3.63, 3.8) is 0 Å². The Bertz CT molecular complexity index is 1030. The van der Waals surface area contributed by atoms with Crippen LogP contribution in [0.2, 0.25) is 5.02 Å². The maximum atomic E-state index is 12.6. The summed E-state index contributed by atoms with van der Waals surface area (Å²) in [5.41, 5.74) is 4.25. The Morgan fingerprint density at radius 2 is 1.68 bits per heavy atom. The minimum Gasteiger partial charge on any atom is -0.348 e. The fourth-order valence-corrected chi connectivity index (χ4v) is 2.89. The summed E-state index contributed by atoms with van der Waals surface area (Å²) in [5, 5.41) is 6.25. The van der Waals surface area contributed by atoms with Gasteiger partial charge in [0, 0.05) is 29.6 Å². The third-order valence-corrected chi connectivity index (χ3v) is 4.88. The number of nitrogens with one attached hydrogen (secondary N) is 2. The number of hydrogen-bond acceptors (Lipinski definition) is 3. The molecule has 2 aromatic carbocycles. The molecule has 0 aliphatic heterocycles. The smallest absolute Gasteiger partial charge is 0.257 e. The third kappa shape index (κ3) is 4.56. The van der Waals surface area contributed by atoms with Gasteiger partial charge in [-0.3, -0.25) is 14.6 Å². The number of benzene rings is 2. The van der Waals surface area contributed by atoms with E-state index in [0.717, 1.165) is 22.4 Å². The summed E-state index contributed by atoms with van der Waals surface area (Å²) in [6.45, 7) is 4.22. The maximum Gasteiger partial charge on any atom is 0.257 e. The van der Waals surface area contributed by atoms with E-state index in [9.17, 15) is 9.59 Å². The van der Waals surface area contributed by atoms with Gasteiger partial charge in [0.2, 0.25) is 0 Å². The standard InChI is InChI=1S/C22H20ClN3O2/c1-14-6-5-9-20(15(14)2)26-22(28)18-10-17(11-24-12-18)21(27)25-13-16-7-3-4-8-19(16)23/h3-12H,13H2,1-2H3,(H,25,27)(H,26,28). The first kappa shape index (κ1) is 19.6. The first-order valence-corrected chi connectivity index (χ1v) is 9.17. The number of aryl methyl sites for hydroxylation is 1. The molecule has 0 aliphatic carbocycles. The molecule has 0 unspecified atom stereocenters. The number of amides is 2. The normalized spacial score (nSPS) is 10.4. The Morgan fingerprint density at radius 1 is 0.964 bits per heavy atom. The van der Waals surface area contributed by atoms with E-state index in [0.29, 0.717) is 16.1 Å². The number of aromatic nitrogens is 1. The molecule has 142 valence electrons. The second-order valence-corrected chi connectivity index (χ2v) is 6.85. The van der Waals surface area contributed by atoms with Gasteiger partial charge >= 0.3 is 0 Å². The van der Waals surface area contributed by atoms with Crippen LogP contribution in [0.15, 0.2) is 60.9 Å². The molecule has 1 heterocycles. The molecule has 5 nitrogen and oxygen atoms in total. The lowest BCUT2D eigenvalue weighted by molar-refractivity contribution is 0.0950. The van der Waals surface area contributed by atoms with Crippen LogP contribution in [-0.2, 0) is 6.54 Å². The second-order valence-electron chi connectivity index (χ2n) is 6.44. The van der Waals surface area contributed by atoms with Crippen LogP contribution >= 0.6 is 11.6 Å². The molecule has 2 amide bonds. The Kier molecular flexibility index (Phi) is 6.06. The Morgan fingerprint density at radius 3 is 2.43 bits per heavy atom. The van der Waals surface area contributed by atoms with Crippen molar-refractivity contribution in [1.82, 2.24) is 10.3 Å². The molecule has 0 aliphatic rings. The molecular weight excluding hydrogens is 374 g/mol. The fraction of sp³-hybridized carbons (Fsp3) is 0.136. The van der Waals surface area contributed by atoms with Crippen LogP contribution in [0.4, 0.5) is 5.69 Å². The zero-order valence-corrected chi connectivity index (χ0v) is 16.4. The van der Waals surface area contributed by atoms with E-state index in [4.69, 9.17) is 11.6 Å². The molecule has 0 bridgehead atoms. The minimum absolute atomic E-state index is 0.289. The quantitative estimate of drug-likeness (QED) is 0.668. The van der Waals surface area contributed by atoms with Gasteiger partial charge in [-0.2, -0.15) is 0 Å². The van der Waals surface area contributed by atoms with Crippen molar-refractivity contribution < 1.29 is 9.59 Å². The maximum absolute atomic E-state index is 12.6. The molecule has 0 spiro atoms. The van der Waals surface area contributed by atoms with Crippen molar-refractivity contribution in [3.8, 4) is 0 Å². The number of nitrogens with zero attached hydrogens (tertiary/aromatic N) is 1. The molecular formula is C22H20ClN3O2. The molecule has 2 N–H and O–H groups in total. The van der Waals surface area contributed by atoms with E-state index in [1.54, 1.807) is 6.07 Å². The highest BCUT2D eigenvalue weighted by molar-refractivity contribution is 6.31. The van der Waals surface area contributed by atoms with Gasteiger partial charge in [-0.15, -0.1) is 0 Å². The molecule has 1 aromatic heterocycles. The van der Waals surface area contributed by atoms with Crippen molar-refractivity contribution in [1.29, 1.82) is 0 Å². The molecule has 0 saturated carbocycles. The van der Waals surface area contributed by atoms with Gasteiger partial charge in [-0.1, -0.05) is 41.9 Å². The first-order valence-electron chi connectivity index (χ1n) is 8.80. The minimum atomic E-state index is -0.325. The van der Waals surface area contributed by atoms with Crippen molar-refractivity contribution >= 4 is 29.1 Å². The van der Waals surface area contributed by atoms with Gasteiger partial charge < -0.3 is 10.6 Å². The number of carbonyl (C=O) groups is 2. The van der Waals surface area contributed by atoms with Crippen LogP contribution in [0, 0.1) is 13.8 Å². The van der Waals surface area contributed by atoms with Gasteiger partial charge in [-0.25, -0.2) is 0 Å². The van der Waals surface area contributed by atoms with Crippen molar-refractivity contribution in [3.05, 3.63) is 93.8 Å². The molecule has 0 fully saturated rings. The lowest BCUT2D eigenvalue weighted by atomic mass is 10.1. The van der Waals surface area contributed by atoms with Gasteiger partial charge in [0.05, 0.1) is 11.1 Å². The third-order valence-electron chi connectivity index (χ3n) is 4.51. The SMILES string of the molecule is Cc1cccc(NC(=O)c2cncc(C(=O)NCc3ccccc3Cl)c2)c1C. The largest absolute Gasteiger partial charge is 0.348 e. The highest BCUT2D eigenvalue weighted by Gasteiger charge is 2.13. The fourth-order valence-electron chi connectivity index (χ4n) is 2.69. The van der Waals surface area contributed by atoms with Crippen LogP contribution in [0.5, 0.6) is 0 Å². The average molecular weight is 394 g/mol. The number of hydrogen-bond donors (Lipinski definition) is 2. The summed E-state index contributed by atoms with van der Waals surface area (Å²) in [6, 6.07) is 14.5. The number of anilines is 1. The summed E-state index contributed by atoms with van der Waals surface area (Å²) < 4.78 is 0. The highest BCUT2D eigenvalue weighted by atomic mass is 35.5. The van der Waals surface area contributed by atoms with Crippen LogP contribution in [0.25, 0.3) is 0 Å². The molecule has 6 heteroatoms. The van der Waals surface area contributed by atoms with Crippen molar-refractivity contribution in [2.75, 3.05) is 5.32 Å². The molecule has 3 aromatic rings. The topological polar surface area (TPSA) is 71.1 Å². The zero-order valence-electron chi connectivity index (χ0n) is 15.6. The highest BCUT2D eigenvalue weighted by Crippen LogP contribution is 2.19. The monoisotopic (exact) mass is 393 g/mol. The van der Waals surface area contributed by atoms with Crippen LogP contribution in [0.1, 0.15) is 37.4 Å². The van der Waals surface area contributed by atoms with E-state index < -0.39 is 0 Å². The zero-order chi connectivity index (χ0) is 20.1. The summed E-state index contributed by atoms with van der Waals surface area (Å²) in [7, 11) is 0. The van der Waals surface area contributed by atoms with E-state index in [1.807, 2.05) is 50.2 Å². The Labute approximate surface area is 168 Å². The molecule has 0 atom stereocenters. The summed E-state index contributed by atoms with van der Waals surface area (Å²) in [4.78, 5) is 29.0. The van der Waals surface area contributed by atoms with Crippen molar-refractivity contribution in [2.24, 2.45) is 0 Å². The summed E-state index contributed by atoms with van der Waals surface area (Å²) in [6.07, 6.45) is 2.86. The predicted molar refractivity (Wildman–Crippen MR) is 111 cm³/mol. The Balaban J connectivity index is 1.70. The molecule has 0 radical (unpaired) electrons. The average Bonchev–Trinajstić information content (AvgIpc) is 2.70. The molecule has 3 rings (SSSR count). The van der Waals surface area contributed by atoms with E-state index >= 15 is 0 Å². The lowest BCUT2D eigenvalue weighted by Crippen LogP contribution is -2.24. The number of pyridine rings is 1. The van der Waals surface area contributed by atoms with E-state index in [1.165, 1.54) is 18.5 Å². The van der Waals surface area contributed by atoms with Crippen LogP contribution < -0.4 is 10.6 Å². The van der Waals surface area contributed by atoms with Gasteiger partial charge in [0.25, 0.3) is 11.8 Å². The molecule has 0 saturated heterocycles. The van der Waals surface area contributed by atoms with Crippen molar-refractivity contribution in [2.45, 2.75) is 20.4 Å². The van der Waals surface area contributed by atoms with Gasteiger partial charge in [0.1, 0.15) is 0 Å². The number of carbonyl (C=O) groups excluding carboxylic acids is 2. The van der Waals surface area contributed by atoms with Crippen LogP contribution in [-0.4, -0.2) is 16.8 Å². The predicted octanol–water partition coefficient (Wildman–Crippen LogP) is 4.53. The number of halogens is 1. The summed E-state index contributed by atoms with van der Waals surface area (Å²) in [5.74, 6) is -0.643. The second kappa shape index (κ2) is 8.67. The lowest BCUT2D eigenvalue weighted by Gasteiger charge is -2.11. The number of rotatable bonds is 5. The van der Waals surface area contributed by atoms with Gasteiger partial charge in [0.15, 0.2) is 0 Å². The molecule has 28 heavy (non-hydrogen) atoms. The first-order chi connectivity index (χ1) is 13.5. The Hall–Kier alpha value is -3.18.